The molecule has 0 aromatic rings. The molecule has 1 aliphatic heterocycles. The molecule has 1 atom stereocenters. The minimum atomic E-state index is -0.768. The van der Waals surface area contributed by atoms with Gasteiger partial charge in [0.25, 0.3) is 0 Å². The van der Waals surface area contributed by atoms with Gasteiger partial charge in [0.15, 0.2) is 0 Å². The van der Waals surface area contributed by atoms with E-state index in [0.717, 1.165) is 38.6 Å². The van der Waals surface area contributed by atoms with Crippen LogP contribution in [0.5, 0.6) is 0 Å². The molecule has 1 N–H and O–H groups in total. The minimum absolute atomic E-state index is 0.141. The van der Waals surface area contributed by atoms with Gasteiger partial charge in [-0.05, 0) is 43.9 Å². The lowest BCUT2D eigenvalue weighted by Crippen LogP contribution is -2.43. The number of likely N-dealkylation sites (tertiary alicyclic amines) is 1. The van der Waals surface area contributed by atoms with Crippen molar-refractivity contribution in [1.82, 2.24) is 4.90 Å². The van der Waals surface area contributed by atoms with Crippen molar-refractivity contribution in [3.8, 4) is 0 Å². The Bertz CT molecular complexity index is 333. The Morgan fingerprint density at radius 2 is 1.90 bits per heavy atom. The summed E-state index contributed by atoms with van der Waals surface area (Å²) in [6.45, 7) is 7.37. The molecule has 1 saturated heterocycles. The van der Waals surface area contributed by atoms with E-state index in [4.69, 9.17) is 5.11 Å². The van der Waals surface area contributed by atoms with Crippen LogP contribution in [-0.2, 0) is 9.59 Å². The quantitative estimate of drug-likeness (QED) is 0.812. The van der Waals surface area contributed by atoms with E-state index in [2.05, 4.69) is 20.8 Å². The van der Waals surface area contributed by atoms with Gasteiger partial charge in [-0.1, -0.05) is 20.8 Å². The molecular formula is C16H29NO3. The predicted octanol–water partition coefficient (Wildman–Crippen LogP) is 3.45. The fraction of sp³-hybridized carbons (Fsp3) is 0.875. The summed E-state index contributed by atoms with van der Waals surface area (Å²) in [6, 6.07) is 0.141. The molecule has 1 aliphatic rings. The van der Waals surface area contributed by atoms with Gasteiger partial charge in [0.2, 0.25) is 5.91 Å². The second-order valence-corrected chi connectivity index (χ2v) is 7.08. The zero-order valence-electron chi connectivity index (χ0n) is 13.2. The molecule has 116 valence electrons. The Morgan fingerprint density at radius 1 is 1.20 bits per heavy atom. The number of aliphatic carboxylic acids is 1. The predicted molar refractivity (Wildman–Crippen MR) is 79.5 cm³/mol. The van der Waals surface area contributed by atoms with Gasteiger partial charge in [-0.3, -0.25) is 9.59 Å². The second-order valence-electron chi connectivity index (χ2n) is 7.08. The standard InChI is InChI=1S/C16H29NO3/c1-16(2,3)11-6-8-14(18)17-12-5-4-7-13(17)9-10-15(19)20/h13H,4-12H2,1-3H3,(H,19,20). The molecule has 0 radical (unpaired) electrons. The smallest absolute Gasteiger partial charge is 0.303 e. The van der Waals surface area contributed by atoms with E-state index in [1.807, 2.05) is 4.90 Å². The van der Waals surface area contributed by atoms with E-state index in [9.17, 15) is 9.59 Å². The second kappa shape index (κ2) is 7.65. The van der Waals surface area contributed by atoms with E-state index in [-0.39, 0.29) is 23.8 Å². The Labute approximate surface area is 122 Å². The molecule has 0 aromatic carbocycles. The van der Waals surface area contributed by atoms with Crippen LogP contribution in [-0.4, -0.2) is 34.5 Å². The van der Waals surface area contributed by atoms with Crippen molar-refractivity contribution in [3.05, 3.63) is 0 Å². The van der Waals surface area contributed by atoms with Crippen molar-refractivity contribution in [1.29, 1.82) is 0 Å². The molecule has 1 heterocycles. The van der Waals surface area contributed by atoms with Crippen molar-refractivity contribution in [2.24, 2.45) is 5.41 Å². The number of carboxylic acid groups (broad SMARTS) is 1. The Kier molecular flexibility index (Phi) is 6.50. The first kappa shape index (κ1) is 17.0. The average molecular weight is 283 g/mol. The molecule has 0 aliphatic carbocycles. The SMILES string of the molecule is CC(C)(C)CCCC(=O)N1CCCCC1CCC(=O)O. The third-order valence-electron chi connectivity index (χ3n) is 3.96. The molecule has 0 bridgehead atoms. The molecule has 4 heteroatoms. The van der Waals surface area contributed by atoms with Crippen molar-refractivity contribution in [3.63, 3.8) is 0 Å². The van der Waals surface area contributed by atoms with Crippen LogP contribution in [0, 0.1) is 5.41 Å². The summed E-state index contributed by atoms with van der Waals surface area (Å²) in [5.74, 6) is -0.556. The molecule has 0 aromatic heterocycles. The summed E-state index contributed by atoms with van der Waals surface area (Å²) in [6.07, 6.45) is 6.44. The fourth-order valence-electron chi connectivity index (χ4n) is 2.83. The van der Waals surface area contributed by atoms with E-state index >= 15 is 0 Å². The minimum Gasteiger partial charge on any atom is -0.481 e. The summed E-state index contributed by atoms with van der Waals surface area (Å²) in [7, 11) is 0. The first-order valence-corrected chi connectivity index (χ1v) is 7.81. The van der Waals surface area contributed by atoms with Crippen molar-refractivity contribution < 1.29 is 14.7 Å². The molecule has 0 saturated carbocycles. The lowest BCUT2D eigenvalue weighted by atomic mass is 9.89. The van der Waals surface area contributed by atoms with Crippen LogP contribution < -0.4 is 0 Å². The molecule has 1 rings (SSSR count). The number of carbonyl (C=O) groups excluding carboxylic acids is 1. The van der Waals surface area contributed by atoms with Crippen molar-refractivity contribution >= 4 is 11.9 Å². The van der Waals surface area contributed by atoms with E-state index < -0.39 is 5.97 Å². The summed E-state index contributed by atoms with van der Waals surface area (Å²) >= 11 is 0. The van der Waals surface area contributed by atoms with E-state index in [1.165, 1.54) is 0 Å². The van der Waals surface area contributed by atoms with Crippen LogP contribution in [0.4, 0.5) is 0 Å². The third kappa shape index (κ3) is 6.40. The van der Waals surface area contributed by atoms with Crippen molar-refractivity contribution in [2.45, 2.75) is 78.2 Å². The maximum absolute atomic E-state index is 12.3. The molecule has 1 unspecified atom stereocenters. The average Bonchev–Trinajstić information content (AvgIpc) is 2.35. The summed E-state index contributed by atoms with van der Waals surface area (Å²) in [5, 5.41) is 8.80. The normalized spacial score (nSPS) is 19.9. The molecule has 4 nitrogen and oxygen atoms in total. The Hall–Kier alpha value is -1.06. The highest BCUT2D eigenvalue weighted by molar-refractivity contribution is 5.76. The molecule has 0 spiro atoms. The Balaban J connectivity index is 2.43. The summed E-state index contributed by atoms with van der Waals surface area (Å²) < 4.78 is 0. The van der Waals surface area contributed by atoms with Crippen LogP contribution in [0.15, 0.2) is 0 Å². The van der Waals surface area contributed by atoms with Gasteiger partial charge >= 0.3 is 5.97 Å². The fourth-order valence-corrected chi connectivity index (χ4v) is 2.83. The van der Waals surface area contributed by atoms with Crippen LogP contribution in [0.2, 0.25) is 0 Å². The first-order chi connectivity index (χ1) is 9.29. The van der Waals surface area contributed by atoms with E-state index in [0.29, 0.717) is 12.8 Å². The highest BCUT2D eigenvalue weighted by Crippen LogP contribution is 2.25. The highest BCUT2D eigenvalue weighted by Gasteiger charge is 2.26. The number of rotatable bonds is 6. The number of nitrogens with zero attached hydrogens (tertiary/aromatic N) is 1. The molecule has 20 heavy (non-hydrogen) atoms. The van der Waals surface area contributed by atoms with Gasteiger partial charge in [-0.25, -0.2) is 0 Å². The van der Waals surface area contributed by atoms with Crippen molar-refractivity contribution in [2.75, 3.05) is 6.54 Å². The zero-order chi connectivity index (χ0) is 15.2. The van der Waals surface area contributed by atoms with Gasteiger partial charge in [-0.2, -0.15) is 0 Å². The van der Waals surface area contributed by atoms with Gasteiger partial charge in [0.05, 0.1) is 0 Å². The van der Waals surface area contributed by atoms with Crippen LogP contribution in [0.1, 0.15) is 72.1 Å². The van der Waals surface area contributed by atoms with Crippen LogP contribution in [0.25, 0.3) is 0 Å². The largest absolute Gasteiger partial charge is 0.481 e. The lowest BCUT2D eigenvalue weighted by Gasteiger charge is -2.36. The lowest BCUT2D eigenvalue weighted by molar-refractivity contribution is -0.140. The maximum atomic E-state index is 12.3. The van der Waals surface area contributed by atoms with Gasteiger partial charge < -0.3 is 10.0 Å². The molecule has 1 fully saturated rings. The molecular weight excluding hydrogens is 254 g/mol. The number of carboxylic acids is 1. The highest BCUT2D eigenvalue weighted by atomic mass is 16.4. The number of carbonyl (C=O) groups is 2. The number of amides is 1. The van der Waals surface area contributed by atoms with Gasteiger partial charge in [0.1, 0.15) is 0 Å². The first-order valence-electron chi connectivity index (χ1n) is 7.81. The third-order valence-corrected chi connectivity index (χ3v) is 3.96. The van der Waals surface area contributed by atoms with Gasteiger partial charge in [-0.15, -0.1) is 0 Å². The maximum Gasteiger partial charge on any atom is 0.303 e. The van der Waals surface area contributed by atoms with Crippen LogP contribution in [0.3, 0.4) is 0 Å². The number of piperidine rings is 1. The monoisotopic (exact) mass is 283 g/mol. The van der Waals surface area contributed by atoms with Crippen LogP contribution >= 0.6 is 0 Å². The van der Waals surface area contributed by atoms with E-state index in [1.54, 1.807) is 0 Å². The summed E-state index contributed by atoms with van der Waals surface area (Å²) in [5.41, 5.74) is 0.269. The topological polar surface area (TPSA) is 57.6 Å². The van der Waals surface area contributed by atoms with Gasteiger partial charge in [0, 0.05) is 25.4 Å². The zero-order valence-corrected chi connectivity index (χ0v) is 13.2. The summed E-state index contributed by atoms with van der Waals surface area (Å²) in [4.78, 5) is 25.0. The number of hydrogen-bond acceptors (Lipinski definition) is 2. The Morgan fingerprint density at radius 3 is 2.50 bits per heavy atom. The molecule has 1 amide bonds. The number of hydrogen-bond donors (Lipinski definition) is 1.